The zero-order valence-electron chi connectivity index (χ0n) is 13.0. The highest BCUT2D eigenvalue weighted by atomic mass is 28.4. The number of rotatable bonds is 7. The van der Waals surface area contributed by atoms with E-state index in [1.807, 2.05) is 64.6 Å². The maximum absolute atomic E-state index is 5.76. The average molecular weight is 292 g/mol. The zero-order valence-corrected chi connectivity index (χ0v) is 14.0. The van der Waals surface area contributed by atoms with E-state index in [0.29, 0.717) is 0 Å². The van der Waals surface area contributed by atoms with E-state index in [1.165, 1.54) is 0 Å². The molecule has 5 heteroatoms. The van der Waals surface area contributed by atoms with Crippen LogP contribution in [0.1, 0.15) is 40.5 Å². The van der Waals surface area contributed by atoms with E-state index in [0.717, 1.165) is 29.5 Å². The Morgan fingerprint density at radius 1 is 0.950 bits per heavy atom. The van der Waals surface area contributed by atoms with Crippen LogP contribution < -0.4 is 5.19 Å². The molecule has 0 saturated heterocycles. The van der Waals surface area contributed by atoms with Gasteiger partial charge in [-0.25, -0.2) is 0 Å². The van der Waals surface area contributed by atoms with E-state index in [1.54, 1.807) is 0 Å². The summed E-state index contributed by atoms with van der Waals surface area (Å²) in [5.41, 5.74) is 1.89. The normalized spacial score (nSPS) is 15.7. The first-order valence-corrected chi connectivity index (χ1v) is 9.32. The maximum atomic E-state index is 5.76. The monoisotopic (exact) mass is 292 g/mol. The maximum Gasteiger partial charge on any atom is 0.538 e. The van der Waals surface area contributed by atoms with Crippen LogP contribution in [0.2, 0.25) is 6.55 Å². The largest absolute Gasteiger partial charge is 0.538 e. The molecule has 0 amide bonds. The molecule has 0 aliphatic rings. The Morgan fingerprint density at radius 3 is 1.80 bits per heavy atom. The number of hydrogen-bond donors (Lipinski definition) is 0. The van der Waals surface area contributed by atoms with Gasteiger partial charge in [0, 0.05) is 11.7 Å². The molecule has 20 heavy (non-hydrogen) atoms. The minimum absolute atomic E-state index is 0.858. The van der Waals surface area contributed by atoms with Gasteiger partial charge in [0.15, 0.2) is 0 Å². The fraction of sp³-hybridized carbons (Fsp3) is 0.467. The third-order valence-corrected chi connectivity index (χ3v) is 5.33. The van der Waals surface area contributed by atoms with Crippen molar-refractivity contribution in [2.24, 2.45) is 10.3 Å². The second kappa shape index (κ2) is 7.84. The molecule has 0 saturated carbocycles. The summed E-state index contributed by atoms with van der Waals surface area (Å²) in [7, 11) is -2.66. The van der Waals surface area contributed by atoms with Gasteiger partial charge in [0.25, 0.3) is 0 Å². The Hall–Kier alpha value is -1.62. The van der Waals surface area contributed by atoms with Crippen molar-refractivity contribution in [1.29, 1.82) is 0 Å². The Bertz CT molecular complexity index is 450. The van der Waals surface area contributed by atoms with Gasteiger partial charge in [-0.05, 0) is 26.7 Å². The molecule has 1 aromatic carbocycles. The first kappa shape index (κ1) is 16.4. The van der Waals surface area contributed by atoms with Gasteiger partial charge >= 0.3 is 8.56 Å². The van der Waals surface area contributed by atoms with Gasteiger partial charge in [0.05, 0.1) is 11.4 Å². The summed E-state index contributed by atoms with van der Waals surface area (Å²) in [6.45, 7) is 9.94. The molecule has 0 unspecified atom stereocenters. The number of oxime groups is 2. The van der Waals surface area contributed by atoms with Gasteiger partial charge < -0.3 is 9.05 Å². The SMILES string of the molecule is CC/C(C)=N/O[Si](C)(O/N=C(\C)CC)c1ccccc1. The van der Waals surface area contributed by atoms with Crippen molar-refractivity contribution in [2.75, 3.05) is 0 Å². The molecule has 0 heterocycles. The molecule has 1 aromatic rings. The lowest BCUT2D eigenvalue weighted by molar-refractivity contribution is 0.198. The molecular formula is C15H24N2O2Si. The van der Waals surface area contributed by atoms with E-state index in [9.17, 15) is 0 Å². The summed E-state index contributed by atoms with van der Waals surface area (Å²) in [5, 5.41) is 9.37. The Kier molecular flexibility index (Phi) is 6.44. The van der Waals surface area contributed by atoms with Crippen molar-refractivity contribution in [3.8, 4) is 0 Å². The quantitative estimate of drug-likeness (QED) is 0.438. The molecule has 0 atom stereocenters. The van der Waals surface area contributed by atoms with Crippen molar-refractivity contribution in [2.45, 2.75) is 47.1 Å². The minimum atomic E-state index is -2.66. The van der Waals surface area contributed by atoms with E-state index in [-0.39, 0.29) is 0 Å². The van der Waals surface area contributed by atoms with Crippen LogP contribution in [0.15, 0.2) is 40.6 Å². The molecule has 4 nitrogen and oxygen atoms in total. The summed E-state index contributed by atoms with van der Waals surface area (Å²) in [6, 6.07) is 9.92. The van der Waals surface area contributed by atoms with Gasteiger partial charge in [0.1, 0.15) is 0 Å². The van der Waals surface area contributed by atoms with Crippen LogP contribution in [0.4, 0.5) is 0 Å². The molecule has 110 valence electrons. The number of benzene rings is 1. The van der Waals surface area contributed by atoms with Crippen LogP contribution in [0.25, 0.3) is 0 Å². The fourth-order valence-electron chi connectivity index (χ4n) is 1.32. The van der Waals surface area contributed by atoms with Crippen molar-refractivity contribution in [3.05, 3.63) is 30.3 Å². The van der Waals surface area contributed by atoms with Crippen LogP contribution in [0.3, 0.4) is 0 Å². The van der Waals surface area contributed by atoms with Gasteiger partial charge in [-0.1, -0.05) is 44.2 Å². The lowest BCUT2D eigenvalue weighted by Gasteiger charge is -2.22. The van der Waals surface area contributed by atoms with E-state index in [2.05, 4.69) is 10.3 Å². The molecule has 0 radical (unpaired) electrons. The lowest BCUT2D eigenvalue weighted by Crippen LogP contribution is -2.49. The first-order valence-electron chi connectivity index (χ1n) is 7.00. The highest BCUT2D eigenvalue weighted by Gasteiger charge is 2.40. The Morgan fingerprint density at radius 2 is 1.40 bits per heavy atom. The summed E-state index contributed by atoms with van der Waals surface area (Å²) in [6.07, 6.45) is 1.72. The predicted molar refractivity (Wildman–Crippen MR) is 86.7 cm³/mol. The molecule has 0 spiro atoms. The Balaban J connectivity index is 3.00. The van der Waals surface area contributed by atoms with Crippen molar-refractivity contribution in [3.63, 3.8) is 0 Å². The molecule has 0 N–H and O–H groups in total. The zero-order chi connectivity index (χ0) is 15.0. The van der Waals surface area contributed by atoms with Crippen LogP contribution in [-0.4, -0.2) is 20.0 Å². The topological polar surface area (TPSA) is 43.2 Å². The summed E-state index contributed by atoms with van der Waals surface area (Å²) in [5.74, 6) is 0. The molecular weight excluding hydrogens is 268 g/mol. The van der Waals surface area contributed by atoms with Gasteiger partial charge in [-0.2, -0.15) is 0 Å². The predicted octanol–water partition coefficient (Wildman–Crippen LogP) is 3.57. The summed E-state index contributed by atoms with van der Waals surface area (Å²) < 4.78 is 11.5. The molecule has 0 fully saturated rings. The standard InChI is InChI=1S/C15H24N2O2Si/c1-6-13(3)16-18-20(5,19-17-14(4)7-2)15-11-9-8-10-12-15/h8-12H,6-7H2,1-5H3/b16-13+,17-14+. The summed E-state index contributed by atoms with van der Waals surface area (Å²) >= 11 is 0. The molecule has 0 bridgehead atoms. The van der Waals surface area contributed by atoms with Crippen LogP contribution in [-0.2, 0) is 9.05 Å². The van der Waals surface area contributed by atoms with Crippen molar-refractivity contribution >= 4 is 25.2 Å². The molecule has 1 rings (SSSR count). The highest BCUT2D eigenvalue weighted by Crippen LogP contribution is 2.10. The van der Waals surface area contributed by atoms with E-state index < -0.39 is 8.56 Å². The van der Waals surface area contributed by atoms with E-state index in [4.69, 9.17) is 9.05 Å². The second-order valence-electron chi connectivity index (χ2n) is 4.85. The van der Waals surface area contributed by atoms with Gasteiger partial charge in [0.2, 0.25) is 0 Å². The first-order chi connectivity index (χ1) is 9.51. The van der Waals surface area contributed by atoms with Crippen LogP contribution in [0, 0.1) is 0 Å². The number of hydrogen-bond acceptors (Lipinski definition) is 4. The fourth-order valence-corrected chi connectivity index (χ4v) is 3.02. The summed E-state index contributed by atoms with van der Waals surface area (Å²) in [4.78, 5) is 0. The molecule has 0 aliphatic heterocycles. The third kappa shape index (κ3) is 4.81. The number of nitrogens with zero attached hydrogens (tertiary/aromatic N) is 2. The smallest absolute Gasteiger partial charge is 0.403 e. The van der Waals surface area contributed by atoms with E-state index >= 15 is 0 Å². The second-order valence-corrected chi connectivity index (χ2v) is 7.69. The van der Waals surface area contributed by atoms with Crippen molar-refractivity contribution < 1.29 is 9.05 Å². The third-order valence-electron chi connectivity index (χ3n) is 3.07. The van der Waals surface area contributed by atoms with Crippen LogP contribution in [0.5, 0.6) is 0 Å². The molecule has 0 aliphatic carbocycles. The molecule has 0 aromatic heterocycles. The van der Waals surface area contributed by atoms with Crippen LogP contribution >= 0.6 is 0 Å². The minimum Gasteiger partial charge on any atom is -0.403 e. The Labute approximate surface area is 122 Å². The van der Waals surface area contributed by atoms with Gasteiger partial charge in [-0.15, -0.1) is 10.3 Å². The lowest BCUT2D eigenvalue weighted by atomic mass is 10.3. The average Bonchev–Trinajstić information content (AvgIpc) is 2.51. The van der Waals surface area contributed by atoms with Crippen molar-refractivity contribution in [1.82, 2.24) is 0 Å². The van der Waals surface area contributed by atoms with Gasteiger partial charge in [-0.3, -0.25) is 0 Å². The highest BCUT2D eigenvalue weighted by molar-refractivity contribution is 6.79.